The monoisotopic (exact) mass is 361 g/mol. The summed E-state index contributed by atoms with van der Waals surface area (Å²) in [5.74, 6) is -0.100. The molecule has 4 aromatic rings. The summed E-state index contributed by atoms with van der Waals surface area (Å²) in [6, 6.07) is 14.2. The number of carbonyl (C=O) groups excluding carboxylic acids is 1. The van der Waals surface area contributed by atoms with E-state index < -0.39 is 0 Å². The van der Waals surface area contributed by atoms with E-state index in [1.807, 2.05) is 24.3 Å². The maximum absolute atomic E-state index is 12.9. The molecule has 0 atom stereocenters. The molecule has 2 heterocycles. The van der Waals surface area contributed by atoms with Crippen molar-refractivity contribution in [1.82, 2.24) is 24.6 Å². The van der Waals surface area contributed by atoms with Crippen molar-refractivity contribution in [3.8, 4) is 0 Å². The minimum atomic E-state index is -0.126. The van der Waals surface area contributed by atoms with Gasteiger partial charge in [-0.2, -0.15) is 5.10 Å². The fourth-order valence-electron chi connectivity index (χ4n) is 3.23. The van der Waals surface area contributed by atoms with E-state index in [2.05, 4.69) is 33.6 Å². The summed E-state index contributed by atoms with van der Waals surface area (Å²) in [5, 5.41) is 9.69. The highest BCUT2D eigenvalue weighted by Crippen LogP contribution is 2.19. The molecule has 7 nitrogen and oxygen atoms in total. The number of fused-ring (bicyclic) bond motifs is 2. The smallest absolute Gasteiger partial charge is 0.264 e. The Morgan fingerprint density at radius 2 is 1.93 bits per heavy atom. The average molecular weight is 361 g/mol. The number of hydrogen-bond acceptors (Lipinski definition) is 4. The number of aromatic nitrogens is 4. The summed E-state index contributed by atoms with van der Waals surface area (Å²) >= 11 is 0. The van der Waals surface area contributed by atoms with E-state index in [0.29, 0.717) is 30.7 Å². The van der Waals surface area contributed by atoms with Gasteiger partial charge < -0.3 is 5.32 Å². The van der Waals surface area contributed by atoms with Crippen molar-refractivity contribution in [2.75, 3.05) is 6.54 Å². The maximum atomic E-state index is 12.9. The van der Waals surface area contributed by atoms with Gasteiger partial charge in [-0.25, -0.2) is 9.67 Å². The van der Waals surface area contributed by atoms with Crippen molar-refractivity contribution in [2.24, 2.45) is 0 Å². The Labute approximate surface area is 155 Å². The van der Waals surface area contributed by atoms with E-state index in [0.717, 1.165) is 16.3 Å². The quantitative estimate of drug-likeness (QED) is 0.589. The van der Waals surface area contributed by atoms with Crippen molar-refractivity contribution in [1.29, 1.82) is 0 Å². The van der Waals surface area contributed by atoms with Crippen LogP contribution in [0.25, 0.3) is 21.8 Å². The van der Waals surface area contributed by atoms with E-state index in [9.17, 15) is 9.59 Å². The van der Waals surface area contributed by atoms with Crippen molar-refractivity contribution in [3.63, 3.8) is 0 Å². The standard InChI is InChI=1S/C20H19N5O2/c1-14(26)21-9-10-25-19-18(11-23-25)20(27)24(13-22-19)12-16-7-4-6-15-5-2-3-8-17(15)16/h2-8,11,13H,9-10,12H2,1H3,(H,21,26). The van der Waals surface area contributed by atoms with E-state index in [1.165, 1.54) is 13.1 Å². The Morgan fingerprint density at radius 1 is 1.11 bits per heavy atom. The molecule has 136 valence electrons. The van der Waals surface area contributed by atoms with Crippen molar-refractivity contribution < 1.29 is 4.79 Å². The van der Waals surface area contributed by atoms with Crippen molar-refractivity contribution >= 4 is 27.7 Å². The lowest BCUT2D eigenvalue weighted by Gasteiger charge is -2.09. The molecule has 7 heteroatoms. The zero-order valence-corrected chi connectivity index (χ0v) is 14.9. The number of benzene rings is 2. The van der Waals surface area contributed by atoms with Crippen LogP contribution in [0.2, 0.25) is 0 Å². The lowest BCUT2D eigenvalue weighted by Crippen LogP contribution is -2.25. The number of nitrogens with one attached hydrogen (secondary N) is 1. The molecule has 4 rings (SSSR count). The van der Waals surface area contributed by atoms with Gasteiger partial charge in [0.15, 0.2) is 5.65 Å². The van der Waals surface area contributed by atoms with Gasteiger partial charge in [-0.3, -0.25) is 14.2 Å². The molecule has 0 radical (unpaired) electrons. The predicted molar refractivity (Wildman–Crippen MR) is 104 cm³/mol. The van der Waals surface area contributed by atoms with Crippen LogP contribution in [0.3, 0.4) is 0 Å². The Hall–Kier alpha value is -3.48. The van der Waals surface area contributed by atoms with E-state index in [4.69, 9.17) is 0 Å². The highest BCUT2D eigenvalue weighted by Gasteiger charge is 2.11. The second kappa shape index (κ2) is 7.03. The van der Waals surface area contributed by atoms with Gasteiger partial charge in [-0.15, -0.1) is 0 Å². The highest BCUT2D eigenvalue weighted by molar-refractivity contribution is 5.85. The number of nitrogens with zero attached hydrogens (tertiary/aromatic N) is 4. The summed E-state index contributed by atoms with van der Waals surface area (Å²) in [6.45, 7) is 2.81. The second-order valence-electron chi connectivity index (χ2n) is 6.40. The SMILES string of the molecule is CC(=O)NCCn1ncc2c(=O)n(Cc3cccc4ccccc34)cnc21. The van der Waals surface area contributed by atoms with Crippen LogP contribution in [0.4, 0.5) is 0 Å². The van der Waals surface area contributed by atoms with Gasteiger partial charge in [0.1, 0.15) is 11.7 Å². The van der Waals surface area contributed by atoms with E-state index in [1.54, 1.807) is 15.6 Å². The van der Waals surface area contributed by atoms with Crippen molar-refractivity contribution in [2.45, 2.75) is 20.0 Å². The summed E-state index contributed by atoms with van der Waals surface area (Å²) in [6.07, 6.45) is 3.10. The summed E-state index contributed by atoms with van der Waals surface area (Å²) in [4.78, 5) is 28.3. The highest BCUT2D eigenvalue weighted by atomic mass is 16.1. The second-order valence-corrected chi connectivity index (χ2v) is 6.40. The fraction of sp³-hybridized carbons (Fsp3) is 0.200. The Balaban J connectivity index is 1.66. The summed E-state index contributed by atoms with van der Waals surface area (Å²) in [5.41, 5.74) is 1.47. The molecule has 0 aliphatic carbocycles. The molecule has 1 N–H and O–H groups in total. The van der Waals surface area contributed by atoms with Crippen LogP contribution in [0, 0.1) is 0 Å². The van der Waals surface area contributed by atoms with Crippen LogP contribution < -0.4 is 10.9 Å². The molecule has 0 unspecified atom stereocenters. The molecule has 0 fully saturated rings. The van der Waals surface area contributed by atoms with E-state index in [-0.39, 0.29) is 11.5 Å². The predicted octanol–water partition coefficient (Wildman–Crippen LogP) is 1.93. The molecule has 0 spiro atoms. The molecular formula is C20H19N5O2. The van der Waals surface area contributed by atoms with Gasteiger partial charge in [-0.05, 0) is 16.3 Å². The Morgan fingerprint density at radius 3 is 2.78 bits per heavy atom. The largest absolute Gasteiger partial charge is 0.354 e. The lowest BCUT2D eigenvalue weighted by molar-refractivity contribution is -0.118. The molecule has 1 amide bonds. The molecule has 0 aliphatic rings. The molecule has 27 heavy (non-hydrogen) atoms. The van der Waals surface area contributed by atoms with Crippen LogP contribution in [0.15, 0.2) is 59.8 Å². The average Bonchev–Trinajstić information content (AvgIpc) is 3.08. The van der Waals surface area contributed by atoms with E-state index >= 15 is 0 Å². The van der Waals surface area contributed by atoms with Gasteiger partial charge >= 0.3 is 0 Å². The van der Waals surface area contributed by atoms with Gasteiger partial charge in [0, 0.05) is 13.5 Å². The molecule has 0 saturated carbocycles. The van der Waals surface area contributed by atoms with Crippen LogP contribution in [0.5, 0.6) is 0 Å². The summed E-state index contributed by atoms with van der Waals surface area (Å²) < 4.78 is 3.23. The van der Waals surface area contributed by atoms with Gasteiger partial charge in [0.25, 0.3) is 5.56 Å². The molecule has 0 bridgehead atoms. The third-order valence-corrected chi connectivity index (χ3v) is 4.54. The van der Waals surface area contributed by atoms with Crippen LogP contribution in [-0.4, -0.2) is 31.8 Å². The Bertz CT molecular complexity index is 1190. The molecule has 0 saturated heterocycles. The van der Waals surface area contributed by atoms with Crippen LogP contribution >= 0.6 is 0 Å². The topological polar surface area (TPSA) is 81.8 Å². The maximum Gasteiger partial charge on any atom is 0.264 e. The number of amides is 1. The third-order valence-electron chi connectivity index (χ3n) is 4.54. The minimum absolute atomic E-state index is 0.100. The first-order chi connectivity index (χ1) is 13.1. The van der Waals surface area contributed by atoms with Gasteiger partial charge in [0.05, 0.1) is 19.3 Å². The van der Waals surface area contributed by atoms with Gasteiger partial charge in [-0.1, -0.05) is 42.5 Å². The Kier molecular flexibility index (Phi) is 4.42. The third kappa shape index (κ3) is 3.31. The number of carbonyl (C=O) groups is 1. The first-order valence-corrected chi connectivity index (χ1v) is 8.75. The zero-order chi connectivity index (χ0) is 18.8. The first-order valence-electron chi connectivity index (χ1n) is 8.75. The molecule has 2 aromatic carbocycles. The van der Waals surface area contributed by atoms with Crippen LogP contribution in [0.1, 0.15) is 12.5 Å². The number of hydrogen-bond donors (Lipinski definition) is 1. The molecular weight excluding hydrogens is 342 g/mol. The lowest BCUT2D eigenvalue weighted by atomic mass is 10.0. The fourth-order valence-corrected chi connectivity index (χ4v) is 3.23. The van der Waals surface area contributed by atoms with Gasteiger partial charge in [0.2, 0.25) is 5.91 Å². The minimum Gasteiger partial charge on any atom is -0.354 e. The van der Waals surface area contributed by atoms with Crippen LogP contribution in [-0.2, 0) is 17.9 Å². The molecule has 0 aliphatic heterocycles. The van der Waals surface area contributed by atoms with Crippen molar-refractivity contribution in [3.05, 3.63) is 70.9 Å². The first kappa shape index (κ1) is 17.0. The zero-order valence-electron chi connectivity index (χ0n) is 14.9. The normalized spacial score (nSPS) is 11.1. The molecule has 2 aromatic heterocycles. The number of rotatable bonds is 5. The summed E-state index contributed by atoms with van der Waals surface area (Å²) in [7, 11) is 0.